The Hall–Kier alpha value is -2.47. The monoisotopic (exact) mass is 326 g/mol. The number of aromatic nitrogens is 1. The van der Waals surface area contributed by atoms with E-state index in [-0.39, 0.29) is 24.3 Å². The van der Waals surface area contributed by atoms with Crippen LogP contribution in [0.4, 0.5) is 0 Å². The van der Waals surface area contributed by atoms with Crippen molar-refractivity contribution in [1.29, 1.82) is 0 Å². The molecule has 1 aliphatic rings. The number of piperazine rings is 1. The van der Waals surface area contributed by atoms with Gasteiger partial charge in [0, 0.05) is 44.5 Å². The molecule has 0 spiro atoms. The van der Waals surface area contributed by atoms with Gasteiger partial charge in [0.05, 0.1) is 12.5 Å². The number of rotatable bonds is 4. The van der Waals surface area contributed by atoms with Crippen molar-refractivity contribution in [2.75, 3.05) is 27.2 Å². The number of carbonyl (C=O) groups is 2. The molecule has 6 heteroatoms. The molecule has 3 rings (SSSR count). The maximum Gasteiger partial charge on any atom is 0.237 e. The van der Waals surface area contributed by atoms with Gasteiger partial charge in [0.15, 0.2) is 0 Å². The molecule has 126 valence electrons. The number of likely N-dealkylation sites (N-methyl/N-ethyl adjacent to an activating group) is 1. The van der Waals surface area contributed by atoms with Gasteiger partial charge >= 0.3 is 0 Å². The lowest BCUT2D eigenvalue weighted by Crippen LogP contribution is -2.54. The number of nitrogens with zero attached hydrogens (tertiary/aromatic N) is 3. The molecule has 2 heterocycles. The standard InChI is InChI=1S/C18H22N4O2/c1-21-9-8-20-18(24)16(21)10-17(23)22(2)12-14-5-3-4-13-11-19-7-6-15(13)14/h3-7,11,16H,8-10,12H2,1-2H3,(H,20,24)/t16-/m0/s1. The van der Waals surface area contributed by atoms with Crippen molar-refractivity contribution < 1.29 is 9.59 Å². The van der Waals surface area contributed by atoms with Gasteiger partial charge in [0.25, 0.3) is 0 Å². The lowest BCUT2D eigenvalue weighted by atomic mass is 10.1. The van der Waals surface area contributed by atoms with Crippen LogP contribution >= 0.6 is 0 Å². The Morgan fingerprint density at radius 2 is 2.25 bits per heavy atom. The van der Waals surface area contributed by atoms with Crippen molar-refractivity contribution in [1.82, 2.24) is 20.1 Å². The van der Waals surface area contributed by atoms with Crippen LogP contribution in [0.2, 0.25) is 0 Å². The van der Waals surface area contributed by atoms with E-state index >= 15 is 0 Å². The summed E-state index contributed by atoms with van der Waals surface area (Å²) in [5, 5.41) is 4.98. The number of nitrogens with one attached hydrogen (secondary N) is 1. The zero-order chi connectivity index (χ0) is 17.1. The smallest absolute Gasteiger partial charge is 0.237 e. The lowest BCUT2D eigenvalue weighted by Gasteiger charge is -2.32. The molecule has 0 unspecified atom stereocenters. The Labute approximate surface area is 141 Å². The van der Waals surface area contributed by atoms with Crippen LogP contribution in [0.15, 0.2) is 36.7 Å². The molecule has 0 saturated carbocycles. The first kappa shape index (κ1) is 16.4. The molecule has 1 aromatic heterocycles. The maximum absolute atomic E-state index is 12.5. The van der Waals surface area contributed by atoms with Crippen molar-refractivity contribution in [2.24, 2.45) is 0 Å². The average molecular weight is 326 g/mol. The van der Waals surface area contributed by atoms with Gasteiger partial charge < -0.3 is 10.2 Å². The Morgan fingerprint density at radius 3 is 3.04 bits per heavy atom. The summed E-state index contributed by atoms with van der Waals surface area (Å²) in [5.41, 5.74) is 1.08. The van der Waals surface area contributed by atoms with E-state index in [1.807, 2.05) is 42.4 Å². The van der Waals surface area contributed by atoms with Gasteiger partial charge in [-0.1, -0.05) is 18.2 Å². The van der Waals surface area contributed by atoms with Crippen LogP contribution in [-0.2, 0) is 16.1 Å². The third kappa shape index (κ3) is 3.38. The van der Waals surface area contributed by atoms with Crippen LogP contribution < -0.4 is 5.32 Å². The summed E-state index contributed by atoms with van der Waals surface area (Å²) in [6.07, 6.45) is 3.78. The fraction of sp³-hybridized carbons (Fsp3) is 0.389. The maximum atomic E-state index is 12.5. The zero-order valence-electron chi connectivity index (χ0n) is 14.0. The number of fused-ring (bicyclic) bond motifs is 1. The highest BCUT2D eigenvalue weighted by molar-refractivity contribution is 5.89. The van der Waals surface area contributed by atoms with Crippen LogP contribution in [0.5, 0.6) is 0 Å². The fourth-order valence-corrected chi connectivity index (χ4v) is 3.07. The van der Waals surface area contributed by atoms with Crippen molar-refractivity contribution in [2.45, 2.75) is 19.0 Å². The highest BCUT2D eigenvalue weighted by atomic mass is 16.2. The van der Waals surface area contributed by atoms with Gasteiger partial charge in [-0.15, -0.1) is 0 Å². The molecule has 2 aromatic rings. The second-order valence-corrected chi connectivity index (χ2v) is 6.26. The van der Waals surface area contributed by atoms with Crippen LogP contribution in [0.1, 0.15) is 12.0 Å². The Morgan fingerprint density at radius 1 is 1.42 bits per heavy atom. The number of hydrogen-bond acceptors (Lipinski definition) is 4. The van der Waals surface area contributed by atoms with Gasteiger partial charge in [-0.05, 0) is 24.1 Å². The Bertz CT molecular complexity index is 756. The van der Waals surface area contributed by atoms with Crippen molar-refractivity contribution >= 4 is 22.6 Å². The first-order chi connectivity index (χ1) is 11.6. The minimum absolute atomic E-state index is 0.0324. The lowest BCUT2D eigenvalue weighted by molar-refractivity contribution is -0.137. The van der Waals surface area contributed by atoms with Crippen molar-refractivity contribution in [3.63, 3.8) is 0 Å². The minimum atomic E-state index is -0.384. The molecule has 1 aromatic carbocycles. The SMILES string of the molecule is CN(Cc1cccc2cnccc12)C(=O)C[C@H]1C(=O)NCCN1C. The van der Waals surface area contributed by atoms with Crippen LogP contribution in [-0.4, -0.2) is 59.8 Å². The van der Waals surface area contributed by atoms with Gasteiger partial charge in [0.1, 0.15) is 0 Å². The largest absolute Gasteiger partial charge is 0.353 e. The van der Waals surface area contributed by atoms with Crippen molar-refractivity contribution in [3.8, 4) is 0 Å². The second-order valence-electron chi connectivity index (χ2n) is 6.26. The third-order valence-corrected chi connectivity index (χ3v) is 4.57. The van der Waals surface area contributed by atoms with Crippen LogP contribution in [0.3, 0.4) is 0 Å². The normalized spacial score (nSPS) is 18.4. The van der Waals surface area contributed by atoms with E-state index in [9.17, 15) is 9.59 Å². The highest BCUT2D eigenvalue weighted by Crippen LogP contribution is 2.19. The molecule has 24 heavy (non-hydrogen) atoms. The van der Waals surface area contributed by atoms with Gasteiger partial charge in [-0.3, -0.25) is 19.5 Å². The quantitative estimate of drug-likeness (QED) is 0.911. The molecule has 0 aliphatic carbocycles. The molecule has 1 saturated heterocycles. The second kappa shape index (κ2) is 6.97. The Kier molecular flexibility index (Phi) is 4.76. The van der Waals surface area contributed by atoms with Gasteiger partial charge in [-0.2, -0.15) is 0 Å². The van der Waals surface area contributed by atoms with E-state index in [1.165, 1.54) is 0 Å². The summed E-state index contributed by atoms with van der Waals surface area (Å²) in [6, 6.07) is 7.58. The fourth-order valence-electron chi connectivity index (χ4n) is 3.07. The molecule has 0 radical (unpaired) electrons. The molecule has 1 N–H and O–H groups in total. The number of hydrogen-bond donors (Lipinski definition) is 1. The van der Waals surface area contributed by atoms with E-state index in [2.05, 4.69) is 10.3 Å². The van der Waals surface area contributed by atoms with Crippen molar-refractivity contribution in [3.05, 3.63) is 42.2 Å². The van der Waals surface area contributed by atoms with Gasteiger partial charge in [0.2, 0.25) is 11.8 Å². The number of benzene rings is 1. The van der Waals surface area contributed by atoms with Gasteiger partial charge in [-0.25, -0.2) is 0 Å². The molecular weight excluding hydrogens is 304 g/mol. The molecular formula is C18H22N4O2. The van der Waals surface area contributed by atoms with Crippen LogP contribution in [0.25, 0.3) is 10.8 Å². The molecule has 0 bridgehead atoms. The van der Waals surface area contributed by atoms with E-state index < -0.39 is 0 Å². The molecule has 6 nitrogen and oxygen atoms in total. The summed E-state index contributed by atoms with van der Waals surface area (Å²) in [4.78, 5) is 32.3. The van der Waals surface area contributed by atoms with E-state index in [1.54, 1.807) is 18.1 Å². The topological polar surface area (TPSA) is 65.5 Å². The summed E-state index contributed by atoms with van der Waals surface area (Å²) in [6.45, 7) is 1.92. The predicted octanol–water partition coefficient (Wildman–Crippen LogP) is 1.01. The summed E-state index contributed by atoms with van der Waals surface area (Å²) >= 11 is 0. The van der Waals surface area contributed by atoms with E-state index in [4.69, 9.17) is 0 Å². The first-order valence-electron chi connectivity index (χ1n) is 8.10. The third-order valence-electron chi connectivity index (χ3n) is 4.57. The number of amides is 2. The first-order valence-corrected chi connectivity index (χ1v) is 8.10. The minimum Gasteiger partial charge on any atom is -0.353 e. The van der Waals surface area contributed by atoms with E-state index in [0.717, 1.165) is 22.9 Å². The summed E-state index contributed by atoms with van der Waals surface area (Å²) in [5.74, 6) is -0.100. The molecule has 1 fully saturated rings. The Balaban J connectivity index is 1.70. The highest BCUT2D eigenvalue weighted by Gasteiger charge is 2.30. The predicted molar refractivity (Wildman–Crippen MR) is 92.3 cm³/mol. The molecule has 1 atom stereocenters. The van der Waals surface area contributed by atoms with E-state index in [0.29, 0.717) is 13.1 Å². The molecule has 1 aliphatic heterocycles. The van der Waals surface area contributed by atoms with Crippen LogP contribution in [0, 0.1) is 0 Å². The number of carbonyl (C=O) groups excluding carboxylic acids is 2. The summed E-state index contributed by atoms with van der Waals surface area (Å²) in [7, 11) is 3.66. The average Bonchev–Trinajstić information content (AvgIpc) is 2.58. The molecule has 2 amide bonds. The zero-order valence-corrected chi connectivity index (χ0v) is 14.0. The summed E-state index contributed by atoms with van der Waals surface area (Å²) < 4.78 is 0. The number of pyridine rings is 1.